The van der Waals surface area contributed by atoms with Gasteiger partial charge in [0.25, 0.3) is 11.8 Å². The van der Waals surface area contributed by atoms with E-state index in [0.717, 1.165) is 23.2 Å². The molecular weight excluding hydrogens is 415 g/mol. The second-order valence-electron chi connectivity index (χ2n) is 9.50. The number of carbonyl (C=O) groups excluding carboxylic acids is 2. The van der Waals surface area contributed by atoms with Crippen LogP contribution in [0, 0.1) is 5.82 Å². The molecule has 166 valence electrons. The fourth-order valence-electron chi connectivity index (χ4n) is 4.56. The second-order valence-corrected chi connectivity index (χ2v) is 9.50. The molecule has 0 aliphatic carbocycles. The average molecular weight is 441 g/mol. The third kappa shape index (κ3) is 3.54. The van der Waals surface area contributed by atoms with Crippen LogP contribution >= 0.6 is 0 Å². The summed E-state index contributed by atoms with van der Waals surface area (Å²) in [7, 11) is 0. The van der Waals surface area contributed by atoms with Gasteiger partial charge in [-0.05, 0) is 58.9 Å². The van der Waals surface area contributed by atoms with Gasteiger partial charge in [0.15, 0.2) is 0 Å². The van der Waals surface area contributed by atoms with Gasteiger partial charge in [0.05, 0.1) is 11.3 Å². The van der Waals surface area contributed by atoms with Crippen molar-refractivity contribution in [3.05, 3.63) is 101 Å². The Bertz CT molecular complexity index is 1280. The van der Waals surface area contributed by atoms with E-state index in [1.165, 1.54) is 17.0 Å². The van der Waals surface area contributed by atoms with Crippen molar-refractivity contribution in [2.75, 3.05) is 16.3 Å². The van der Waals surface area contributed by atoms with E-state index < -0.39 is 5.91 Å². The standard InChI is InChI=1S/C28H25FN2O2/c1-28(2,3)20-10-14-22(15-11-20)31-26(32)24(19-8-12-21(29)13-9-19)25(27(31)33)30-17-16-18-6-4-5-7-23(18)30/h4-15H,16-17H2,1-3H3. The van der Waals surface area contributed by atoms with Gasteiger partial charge < -0.3 is 4.90 Å². The van der Waals surface area contributed by atoms with Crippen LogP contribution in [0.15, 0.2) is 78.5 Å². The minimum atomic E-state index is -0.394. The zero-order valence-electron chi connectivity index (χ0n) is 18.9. The molecule has 2 aliphatic heterocycles. The summed E-state index contributed by atoms with van der Waals surface area (Å²) in [5.74, 6) is -1.15. The Morgan fingerprint density at radius 2 is 1.48 bits per heavy atom. The summed E-state index contributed by atoms with van der Waals surface area (Å²) < 4.78 is 13.6. The number of hydrogen-bond acceptors (Lipinski definition) is 3. The number of halogens is 1. The first-order chi connectivity index (χ1) is 15.8. The minimum Gasteiger partial charge on any atom is -0.336 e. The second kappa shape index (κ2) is 7.69. The van der Waals surface area contributed by atoms with Crippen LogP contribution in [0.25, 0.3) is 5.57 Å². The molecule has 0 aromatic heterocycles. The number of benzene rings is 3. The predicted octanol–water partition coefficient (Wildman–Crippen LogP) is 5.47. The molecule has 3 aromatic rings. The molecule has 4 nitrogen and oxygen atoms in total. The lowest BCUT2D eigenvalue weighted by atomic mass is 9.87. The van der Waals surface area contributed by atoms with Crippen LogP contribution in [-0.2, 0) is 21.4 Å². The summed E-state index contributed by atoms with van der Waals surface area (Å²) >= 11 is 0. The highest BCUT2D eigenvalue weighted by atomic mass is 19.1. The molecule has 0 radical (unpaired) electrons. The number of carbonyl (C=O) groups is 2. The van der Waals surface area contributed by atoms with Crippen LogP contribution in [0.1, 0.15) is 37.5 Å². The summed E-state index contributed by atoms with van der Waals surface area (Å²) in [5.41, 5.74) is 4.84. The lowest BCUT2D eigenvalue weighted by molar-refractivity contribution is -0.120. The maximum Gasteiger partial charge on any atom is 0.282 e. The Balaban J connectivity index is 1.63. The number of nitrogens with zero attached hydrogens (tertiary/aromatic N) is 2. The van der Waals surface area contributed by atoms with Gasteiger partial charge in [-0.25, -0.2) is 9.29 Å². The third-order valence-corrected chi connectivity index (χ3v) is 6.34. The summed E-state index contributed by atoms with van der Waals surface area (Å²) in [4.78, 5) is 30.6. The Kier molecular flexibility index (Phi) is 4.93. The molecule has 5 heteroatoms. The van der Waals surface area contributed by atoms with E-state index in [-0.39, 0.29) is 17.1 Å². The molecule has 0 N–H and O–H groups in total. The van der Waals surface area contributed by atoms with Gasteiger partial charge >= 0.3 is 0 Å². The van der Waals surface area contributed by atoms with Crippen molar-refractivity contribution in [2.45, 2.75) is 32.6 Å². The molecule has 0 unspecified atom stereocenters. The summed E-state index contributed by atoms with van der Waals surface area (Å²) in [6.45, 7) is 6.96. The zero-order chi connectivity index (χ0) is 23.3. The first-order valence-corrected chi connectivity index (χ1v) is 11.1. The van der Waals surface area contributed by atoms with Gasteiger partial charge in [0.2, 0.25) is 0 Å². The van der Waals surface area contributed by atoms with E-state index >= 15 is 0 Å². The minimum absolute atomic E-state index is 0.0422. The van der Waals surface area contributed by atoms with E-state index in [4.69, 9.17) is 0 Å². The predicted molar refractivity (Wildman–Crippen MR) is 128 cm³/mol. The van der Waals surface area contributed by atoms with Crippen LogP contribution in [-0.4, -0.2) is 18.4 Å². The molecule has 5 rings (SSSR count). The molecule has 0 fully saturated rings. The Morgan fingerprint density at radius 3 is 2.15 bits per heavy atom. The highest BCUT2D eigenvalue weighted by molar-refractivity contribution is 6.46. The van der Waals surface area contributed by atoms with E-state index in [0.29, 0.717) is 29.1 Å². The van der Waals surface area contributed by atoms with Crippen molar-refractivity contribution >= 4 is 28.8 Å². The number of anilines is 2. The van der Waals surface area contributed by atoms with Crippen molar-refractivity contribution in [1.82, 2.24) is 0 Å². The van der Waals surface area contributed by atoms with Crippen LogP contribution < -0.4 is 9.80 Å². The number of para-hydroxylation sites is 1. The van der Waals surface area contributed by atoms with Crippen LogP contribution in [0.5, 0.6) is 0 Å². The fourth-order valence-corrected chi connectivity index (χ4v) is 4.56. The first-order valence-electron chi connectivity index (χ1n) is 11.1. The molecule has 2 amide bonds. The Morgan fingerprint density at radius 1 is 0.818 bits per heavy atom. The molecule has 0 saturated heterocycles. The van der Waals surface area contributed by atoms with E-state index in [2.05, 4.69) is 20.8 Å². The van der Waals surface area contributed by atoms with Crippen LogP contribution in [0.4, 0.5) is 15.8 Å². The molecular formula is C28H25FN2O2. The molecule has 0 spiro atoms. The van der Waals surface area contributed by atoms with Gasteiger partial charge in [-0.1, -0.05) is 63.2 Å². The number of rotatable bonds is 3. The topological polar surface area (TPSA) is 40.6 Å². The highest BCUT2D eigenvalue weighted by Crippen LogP contribution is 2.40. The van der Waals surface area contributed by atoms with Crippen molar-refractivity contribution in [1.29, 1.82) is 0 Å². The lowest BCUT2D eigenvalue weighted by Crippen LogP contribution is -2.35. The maximum atomic E-state index is 13.8. The summed E-state index contributed by atoms with van der Waals surface area (Å²) in [6, 6.07) is 21.2. The van der Waals surface area contributed by atoms with Crippen LogP contribution in [0.2, 0.25) is 0 Å². The summed E-state index contributed by atoms with van der Waals surface area (Å²) in [6.07, 6.45) is 0.790. The third-order valence-electron chi connectivity index (χ3n) is 6.34. The summed E-state index contributed by atoms with van der Waals surface area (Å²) in [5, 5.41) is 0. The normalized spacial score (nSPS) is 16.1. The largest absolute Gasteiger partial charge is 0.336 e. The molecule has 33 heavy (non-hydrogen) atoms. The maximum absolute atomic E-state index is 13.8. The number of amides is 2. The number of fused-ring (bicyclic) bond motifs is 1. The lowest BCUT2D eigenvalue weighted by Gasteiger charge is -2.23. The molecule has 2 heterocycles. The quantitative estimate of drug-likeness (QED) is 0.507. The van der Waals surface area contributed by atoms with Gasteiger partial charge in [-0.15, -0.1) is 0 Å². The van der Waals surface area contributed by atoms with Crippen molar-refractivity contribution in [3.63, 3.8) is 0 Å². The Hall–Kier alpha value is -3.73. The zero-order valence-corrected chi connectivity index (χ0v) is 18.9. The molecule has 0 saturated carbocycles. The van der Waals surface area contributed by atoms with Gasteiger partial charge in [0.1, 0.15) is 11.5 Å². The van der Waals surface area contributed by atoms with Crippen LogP contribution in [0.3, 0.4) is 0 Å². The van der Waals surface area contributed by atoms with Crippen molar-refractivity contribution in [2.24, 2.45) is 0 Å². The monoisotopic (exact) mass is 440 g/mol. The molecule has 3 aromatic carbocycles. The van der Waals surface area contributed by atoms with E-state index in [1.54, 1.807) is 12.1 Å². The van der Waals surface area contributed by atoms with Crippen molar-refractivity contribution in [3.8, 4) is 0 Å². The first kappa shape index (κ1) is 21.1. The SMILES string of the molecule is CC(C)(C)c1ccc(N2C(=O)C(c3ccc(F)cc3)=C(N3CCc4ccccc43)C2=O)cc1. The highest BCUT2D eigenvalue weighted by Gasteiger charge is 2.44. The van der Waals surface area contributed by atoms with Gasteiger partial charge in [-0.3, -0.25) is 9.59 Å². The van der Waals surface area contributed by atoms with E-state index in [9.17, 15) is 14.0 Å². The van der Waals surface area contributed by atoms with E-state index in [1.807, 2.05) is 53.4 Å². The number of imide groups is 1. The van der Waals surface area contributed by atoms with Crippen molar-refractivity contribution < 1.29 is 14.0 Å². The average Bonchev–Trinajstić information content (AvgIpc) is 3.32. The van der Waals surface area contributed by atoms with Gasteiger partial charge in [-0.2, -0.15) is 0 Å². The van der Waals surface area contributed by atoms with Gasteiger partial charge in [0, 0.05) is 12.2 Å². The molecule has 2 aliphatic rings. The Labute approximate surface area is 193 Å². The smallest absolute Gasteiger partial charge is 0.282 e. The molecule has 0 bridgehead atoms. The molecule has 0 atom stereocenters. The number of hydrogen-bond donors (Lipinski definition) is 0. The fraction of sp³-hybridized carbons (Fsp3) is 0.214.